The number of rotatable bonds is 7. The Morgan fingerprint density at radius 2 is 1.64 bits per heavy atom. The molecule has 7 heteroatoms. The average molecular weight is 341 g/mol. The van der Waals surface area contributed by atoms with Gasteiger partial charge in [-0.05, 0) is 50.4 Å². The second-order valence-corrected chi connectivity index (χ2v) is 5.31. The number of anilines is 1. The molecule has 1 aromatic carbocycles. The van der Waals surface area contributed by atoms with Crippen molar-refractivity contribution < 1.29 is 9.59 Å². The minimum Gasteiger partial charge on any atom is -0.326 e. The van der Waals surface area contributed by atoms with Crippen molar-refractivity contribution in [2.24, 2.45) is 10.1 Å². The van der Waals surface area contributed by atoms with Gasteiger partial charge in [0.25, 0.3) is 0 Å². The third kappa shape index (κ3) is 7.74. The van der Waals surface area contributed by atoms with Crippen LogP contribution in [0.25, 0.3) is 0 Å². The Morgan fingerprint density at radius 1 is 1.00 bits per heavy atom. The van der Waals surface area contributed by atoms with E-state index < -0.39 is 0 Å². The molecular weight excluding hydrogens is 318 g/mol. The summed E-state index contributed by atoms with van der Waals surface area (Å²) >= 11 is 0. The summed E-state index contributed by atoms with van der Waals surface area (Å²) < 4.78 is 0. The lowest BCUT2D eigenvalue weighted by Crippen LogP contribution is -2.17. The van der Waals surface area contributed by atoms with Gasteiger partial charge in [-0.15, -0.1) is 0 Å². The lowest BCUT2D eigenvalue weighted by atomic mass is 10.1. The Labute approximate surface area is 147 Å². The first kappa shape index (κ1) is 19.8. The van der Waals surface area contributed by atoms with Crippen molar-refractivity contribution in [2.45, 2.75) is 27.7 Å². The number of nitrogens with one attached hydrogen (secondary N) is 3. The second kappa shape index (κ2) is 9.82. The summed E-state index contributed by atoms with van der Waals surface area (Å²) in [4.78, 5) is 25.7. The monoisotopic (exact) mass is 341 g/mol. The number of carbonyl (C=O) groups is 2. The number of hydrogen-bond donors (Lipinski definition) is 3. The first-order chi connectivity index (χ1) is 11.8. The van der Waals surface area contributed by atoms with Gasteiger partial charge in [-0.1, -0.05) is 12.1 Å². The van der Waals surface area contributed by atoms with Crippen LogP contribution in [0.4, 0.5) is 5.69 Å². The molecule has 0 radical (unpaired) electrons. The van der Waals surface area contributed by atoms with Crippen LogP contribution in [-0.2, 0) is 9.59 Å². The summed E-state index contributed by atoms with van der Waals surface area (Å²) in [7, 11) is 0. The number of nitrogens with zero attached hydrogens (tertiary/aromatic N) is 2. The third-order valence-corrected chi connectivity index (χ3v) is 2.99. The molecule has 0 saturated heterocycles. The average Bonchev–Trinajstić information content (AvgIpc) is 2.56. The largest absolute Gasteiger partial charge is 0.326 e. The fraction of sp³-hybridized carbons (Fsp3) is 0.222. The van der Waals surface area contributed by atoms with Crippen molar-refractivity contribution in [1.29, 1.82) is 0 Å². The quantitative estimate of drug-likeness (QED) is 0.404. The van der Waals surface area contributed by atoms with E-state index in [0.29, 0.717) is 5.82 Å². The highest BCUT2D eigenvalue weighted by Gasteiger charge is 2.00. The van der Waals surface area contributed by atoms with Gasteiger partial charge in [0.1, 0.15) is 5.82 Å². The highest BCUT2D eigenvalue weighted by molar-refractivity contribution is 5.99. The Morgan fingerprint density at radius 3 is 2.16 bits per heavy atom. The number of amides is 2. The number of aliphatic imine (C=N–C) groups is 1. The lowest BCUT2D eigenvalue weighted by molar-refractivity contribution is -0.118. The molecule has 2 amide bonds. The van der Waals surface area contributed by atoms with Gasteiger partial charge in [-0.25, -0.2) is 4.99 Å². The van der Waals surface area contributed by atoms with Gasteiger partial charge in [-0.3, -0.25) is 15.0 Å². The van der Waals surface area contributed by atoms with Crippen LogP contribution in [0.5, 0.6) is 0 Å². The first-order valence-electron chi connectivity index (χ1n) is 7.63. The highest BCUT2D eigenvalue weighted by atomic mass is 16.2. The van der Waals surface area contributed by atoms with Gasteiger partial charge in [0.05, 0.1) is 5.71 Å². The number of hydrazone groups is 1. The molecule has 0 aromatic heterocycles. The zero-order valence-corrected chi connectivity index (χ0v) is 14.9. The van der Waals surface area contributed by atoms with Gasteiger partial charge in [0.15, 0.2) is 0 Å². The highest BCUT2D eigenvalue weighted by Crippen LogP contribution is 2.10. The minimum absolute atomic E-state index is 0.110. The molecule has 3 N–H and O–H groups in total. The second-order valence-electron chi connectivity index (χ2n) is 5.31. The summed E-state index contributed by atoms with van der Waals surface area (Å²) in [6, 6.07) is 7.38. The van der Waals surface area contributed by atoms with Crippen LogP contribution in [-0.4, -0.2) is 24.2 Å². The zero-order valence-electron chi connectivity index (χ0n) is 14.9. The molecule has 0 bridgehead atoms. The van der Waals surface area contributed by atoms with E-state index in [0.717, 1.165) is 22.7 Å². The van der Waals surface area contributed by atoms with Crippen LogP contribution < -0.4 is 16.1 Å². The molecule has 0 aliphatic carbocycles. The van der Waals surface area contributed by atoms with E-state index in [1.165, 1.54) is 13.8 Å². The minimum atomic E-state index is -0.214. The van der Waals surface area contributed by atoms with E-state index in [1.807, 2.05) is 38.1 Å². The maximum absolute atomic E-state index is 11.0. The molecule has 0 spiro atoms. The van der Waals surface area contributed by atoms with Gasteiger partial charge < -0.3 is 10.6 Å². The summed E-state index contributed by atoms with van der Waals surface area (Å²) in [5.74, 6) is 0.0402. The SMILES string of the molecule is C=N/C(=C\C=C(/C)N/N=C(\C)c1ccc(NC(C)=O)cc1)NC(C)=O. The van der Waals surface area contributed by atoms with Crippen LogP contribution in [0, 0.1) is 0 Å². The lowest BCUT2D eigenvalue weighted by Gasteiger charge is -2.06. The molecule has 1 rings (SSSR count). The molecule has 7 nitrogen and oxygen atoms in total. The van der Waals surface area contributed by atoms with E-state index in [9.17, 15) is 9.59 Å². The van der Waals surface area contributed by atoms with E-state index in [4.69, 9.17) is 0 Å². The summed E-state index contributed by atoms with van der Waals surface area (Å²) in [6.07, 6.45) is 3.36. The van der Waals surface area contributed by atoms with Crippen molar-refractivity contribution in [3.05, 3.63) is 53.5 Å². The molecule has 132 valence electrons. The maximum atomic E-state index is 11.0. The topological polar surface area (TPSA) is 94.9 Å². The van der Waals surface area contributed by atoms with Gasteiger partial charge in [0, 0.05) is 25.2 Å². The van der Waals surface area contributed by atoms with Crippen LogP contribution in [0.15, 0.2) is 58.0 Å². The number of hydrogen-bond acceptors (Lipinski definition) is 5. The molecule has 25 heavy (non-hydrogen) atoms. The van der Waals surface area contributed by atoms with Crippen molar-refractivity contribution >= 4 is 29.9 Å². The molecule has 1 aromatic rings. The molecule has 0 aliphatic heterocycles. The molecule has 0 atom stereocenters. The molecule has 0 fully saturated rings. The van der Waals surface area contributed by atoms with Crippen molar-refractivity contribution in [2.75, 3.05) is 5.32 Å². The third-order valence-electron chi connectivity index (χ3n) is 2.99. The van der Waals surface area contributed by atoms with E-state index in [-0.39, 0.29) is 11.8 Å². The van der Waals surface area contributed by atoms with Crippen molar-refractivity contribution in [1.82, 2.24) is 10.7 Å². The van der Waals surface area contributed by atoms with Gasteiger partial charge in [-0.2, -0.15) is 5.10 Å². The number of carbonyl (C=O) groups excluding carboxylic acids is 2. The van der Waals surface area contributed by atoms with E-state index in [2.05, 4.69) is 32.9 Å². The van der Waals surface area contributed by atoms with Crippen LogP contribution in [0.1, 0.15) is 33.3 Å². The van der Waals surface area contributed by atoms with E-state index >= 15 is 0 Å². The van der Waals surface area contributed by atoms with Gasteiger partial charge in [0.2, 0.25) is 11.8 Å². The van der Waals surface area contributed by atoms with Crippen LogP contribution >= 0.6 is 0 Å². The number of allylic oxidation sites excluding steroid dienone is 3. The molecular formula is C18H23N5O2. The van der Waals surface area contributed by atoms with Gasteiger partial charge >= 0.3 is 0 Å². The fourth-order valence-electron chi connectivity index (χ4n) is 1.79. The first-order valence-corrected chi connectivity index (χ1v) is 7.63. The Bertz CT molecular complexity index is 730. The molecule has 0 heterocycles. The smallest absolute Gasteiger partial charge is 0.222 e. The summed E-state index contributed by atoms with van der Waals surface area (Å²) in [5, 5.41) is 9.56. The fourth-order valence-corrected chi connectivity index (χ4v) is 1.79. The molecule has 0 saturated carbocycles. The Balaban J connectivity index is 2.74. The Kier molecular flexibility index (Phi) is 7.78. The van der Waals surface area contributed by atoms with Crippen LogP contribution in [0.3, 0.4) is 0 Å². The van der Waals surface area contributed by atoms with Crippen molar-refractivity contribution in [3.8, 4) is 0 Å². The standard InChI is InChI=1S/C18H23N5O2/c1-12(6-11-18(19-5)21-15(4)25)22-23-13(2)16-7-9-17(10-8-16)20-14(3)24/h6-11,22H,5H2,1-4H3,(H,20,24)(H,21,25)/b12-6+,18-11+,23-13+. The zero-order chi connectivity index (χ0) is 18.8. The van der Waals surface area contributed by atoms with Crippen molar-refractivity contribution in [3.63, 3.8) is 0 Å². The normalized spacial score (nSPS) is 12.4. The molecule has 0 unspecified atom stereocenters. The Hall–Kier alpha value is -3.22. The number of benzene rings is 1. The predicted molar refractivity (Wildman–Crippen MR) is 101 cm³/mol. The predicted octanol–water partition coefficient (Wildman–Crippen LogP) is 2.54. The summed E-state index contributed by atoms with van der Waals surface area (Å²) in [5.41, 5.74) is 6.14. The summed E-state index contributed by atoms with van der Waals surface area (Å²) in [6.45, 7) is 9.97. The van der Waals surface area contributed by atoms with E-state index in [1.54, 1.807) is 12.2 Å². The molecule has 0 aliphatic rings. The van der Waals surface area contributed by atoms with Crippen LogP contribution in [0.2, 0.25) is 0 Å². The maximum Gasteiger partial charge on any atom is 0.222 e.